The zero-order chi connectivity index (χ0) is 20.9. The molecule has 0 unspecified atom stereocenters. The first-order chi connectivity index (χ1) is 14.5. The maximum atomic E-state index is 12.9. The van der Waals surface area contributed by atoms with E-state index in [4.69, 9.17) is 0 Å². The lowest BCUT2D eigenvalue weighted by Gasteiger charge is -2.20. The number of aromatic nitrogens is 3. The Morgan fingerprint density at radius 2 is 1.77 bits per heavy atom. The number of nitrogens with zero attached hydrogens (tertiary/aromatic N) is 4. The average Bonchev–Trinajstić information content (AvgIpc) is 2.96. The molecule has 7 nitrogen and oxygen atoms in total. The fourth-order valence-electron chi connectivity index (χ4n) is 3.87. The number of carbonyl (C=O) groups excluding carboxylic acids is 1. The van der Waals surface area contributed by atoms with Crippen LogP contribution in [0.2, 0.25) is 0 Å². The van der Waals surface area contributed by atoms with Gasteiger partial charge in [0, 0.05) is 17.1 Å². The predicted molar refractivity (Wildman–Crippen MR) is 113 cm³/mol. The molecule has 1 aliphatic heterocycles. The highest BCUT2D eigenvalue weighted by Gasteiger charge is 2.46. The first kappa shape index (κ1) is 18.2. The summed E-state index contributed by atoms with van der Waals surface area (Å²) in [6.07, 6.45) is 4.86. The maximum Gasteiger partial charge on any atom is 0.274 e. The minimum Gasteiger partial charge on any atom is -0.375 e. The third-order valence-corrected chi connectivity index (χ3v) is 5.42. The molecule has 0 saturated heterocycles. The second-order valence-corrected chi connectivity index (χ2v) is 7.48. The summed E-state index contributed by atoms with van der Waals surface area (Å²) in [5, 5.41) is 16.4. The molecule has 0 spiro atoms. The number of hydrogen-bond donors (Lipinski definition) is 1. The number of para-hydroxylation sites is 1. The van der Waals surface area contributed by atoms with Crippen molar-refractivity contribution in [2.75, 3.05) is 4.90 Å². The van der Waals surface area contributed by atoms with E-state index in [2.05, 4.69) is 10.1 Å². The van der Waals surface area contributed by atoms with E-state index in [0.29, 0.717) is 27.9 Å². The fraction of sp³-hybridized carbons (Fsp3) is 0.130. The van der Waals surface area contributed by atoms with Crippen LogP contribution >= 0.6 is 0 Å². The van der Waals surface area contributed by atoms with Gasteiger partial charge in [0.05, 0.1) is 35.7 Å². The van der Waals surface area contributed by atoms with Crippen molar-refractivity contribution in [3.8, 4) is 0 Å². The second kappa shape index (κ2) is 6.60. The minimum atomic E-state index is -1.61. The van der Waals surface area contributed by atoms with Crippen molar-refractivity contribution < 1.29 is 9.90 Å². The molecule has 1 amide bonds. The van der Waals surface area contributed by atoms with Crippen LogP contribution in [0.5, 0.6) is 0 Å². The Bertz CT molecular complexity index is 1360. The van der Waals surface area contributed by atoms with Crippen molar-refractivity contribution in [1.29, 1.82) is 0 Å². The summed E-state index contributed by atoms with van der Waals surface area (Å²) in [5.74, 6) is -0.441. The molecular weight excluding hydrogens is 380 g/mol. The second-order valence-electron chi connectivity index (χ2n) is 7.48. The van der Waals surface area contributed by atoms with Crippen molar-refractivity contribution in [1.82, 2.24) is 14.8 Å². The third kappa shape index (κ3) is 2.71. The summed E-state index contributed by atoms with van der Waals surface area (Å²) in [6, 6.07) is 16.2. The molecule has 4 aromatic rings. The molecule has 0 fully saturated rings. The van der Waals surface area contributed by atoms with E-state index < -0.39 is 11.5 Å². The van der Waals surface area contributed by atoms with E-state index >= 15 is 0 Å². The summed E-state index contributed by atoms with van der Waals surface area (Å²) in [4.78, 5) is 31.4. The summed E-state index contributed by atoms with van der Waals surface area (Å²) >= 11 is 0. The lowest BCUT2D eigenvalue weighted by Crippen LogP contribution is -2.35. The van der Waals surface area contributed by atoms with E-state index in [-0.39, 0.29) is 12.1 Å². The topological polar surface area (TPSA) is 88.3 Å². The van der Waals surface area contributed by atoms with E-state index in [9.17, 15) is 14.7 Å². The molecule has 0 aliphatic carbocycles. The van der Waals surface area contributed by atoms with E-state index in [1.54, 1.807) is 48.9 Å². The average molecular weight is 398 g/mol. The fourth-order valence-corrected chi connectivity index (χ4v) is 3.87. The van der Waals surface area contributed by atoms with Gasteiger partial charge < -0.3 is 5.11 Å². The highest BCUT2D eigenvalue weighted by atomic mass is 16.3. The molecule has 5 rings (SSSR count). The number of fused-ring (bicyclic) bond motifs is 2. The first-order valence-electron chi connectivity index (χ1n) is 9.52. The molecule has 30 heavy (non-hydrogen) atoms. The van der Waals surface area contributed by atoms with Crippen LogP contribution in [0, 0.1) is 0 Å². The van der Waals surface area contributed by atoms with Crippen LogP contribution in [0.4, 0.5) is 11.4 Å². The Labute approximate surface area is 171 Å². The smallest absolute Gasteiger partial charge is 0.274 e. The monoisotopic (exact) mass is 398 g/mol. The van der Waals surface area contributed by atoms with Crippen LogP contribution in [-0.2, 0) is 16.9 Å². The van der Waals surface area contributed by atoms with Gasteiger partial charge >= 0.3 is 0 Å². The molecule has 0 saturated carbocycles. The number of carbonyl (C=O) groups is 1. The maximum absolute atomic E-state index is 12.9. The molecule has 2 aromatic carbocycles. The van der Waals surface area contributed by atoms with E-state index in [0.717, 1.165) is 5.39 Å². The highest BCUT2D eigenvalue weighted by Crippen LogP contribution is 2.43. The van der Waals surface area contributed by atoms with E-state index in [1.165, 1.54) is 16.5 Å². The Morgan fingerprint density at radius 1 is 1.00 bits per heavy atom. The van der Waals surface area contributed by atoms with Crippen LogP contribution < -0.4 is 10.5 Å². The van der Waals surface area contributed by atoms with Crippen molar-refractivity contribution in [2.24, 2.45) is 0 Å². The number of pyridine rings is 1. The minimum absolute atomic E-state index is 0.191. The Balaban J connectivity index is 1.54. The summed E-state index contributed by atoms with van der Waals surface area (Å²) < 4.78 is 1.37. The lowest BCUT2D eigenvalue weighted by atomic mass is 9.98. The number of anilines is 2. The number of rotatable bonds is 3. The van der Waals surface area contributed by atoms with Gasteiger partial charge in [0.25, 0.3) is 11.5 Å². The zero-order valence-corrected chi connectivity index (χ0v) is 16.2. The molecule has 3 heterocycles. The van der Waals surface area contributed by atoms with Gasteiger partial charge in [-0.1, -0.05) is 36.4 Å². The van der Waals surface area contributed by atoms with Crippen LogP contribution in [-0.4, -0.2) is 25.8 Å². The zero-order valence-electron chi connectivity index (χ0n) is 16.2. The van der Waals surface area contributed by atoms with Crippen molar-refractivity contribution >= 4 is 28.1 Å². The molecule has 1 N–H and O–H groups in total. The van der Waals surface area contributed by atoms with E-state index in [1.807, 2.05) is 24.3 Å². The van der Waals surface area contributed by atoms with Crippen LogP contribution in [0.15, 0.2) is 78.0 Å². The number of benzene rings is 2. The number of amides is 1. The Hall–Kier alpha value is -3.84. The quantitative estimate of drug-likeness (QED) is 0.573. The SMILES string of the molecule is C[C@@]1(O)C(=O)N(c2cncc(Cn3ncc4ccccc4c3=O)c2)c2ccccc21. The Morgan fingerprint density at radius 3 is 2.63 bits per heavy atom. The van der Waals surface area contributed by atoms with Gasteiger partial charge in [0.15, 0.2) is 5.60 Å². The molecule has 1 atom stereocenters. The van der Waals surface area contributed by atoms with Crippen molar-refractivity contribution in [3.63, 3.8) is 0 Å². The first-order valence-corrected chi connectivity index (χ1v) is 9.52. The largest absolute Gasteiger partial charge is 0.375 e. The van der Waals surface area contributed by atoms with Crippen LogP contribution in [0.25, 0.3) is 10.8 Å². The standard InChI is InChI=1S/C23H18N4O3/c1-23(30)19-8-4-5-9-20(19)27(22(23)29)17-10-15(11-24-13-17)14-26-21(28)18-7-3-2-6-16(18)12-25-26/h2-13,30H,14H2,1H3/t23-/m0/s1. The Kier molecular flexibility index (Phi) is 4.01. The summed E-state index contributed by atoms with van der Waals surface area (Å²) in [5.41, 5.74) is 0.610. The summed E-state index contributed by atoms with van der Waals surface area (Å²) in [6.45, 7) is 1.70. The molecule has 0 radical (unpaired) electrons. The number of hydrogen-bond acceptors (Lipinski definition) is 5. The van der Waals surface area contributed by atoms with Crippen molar-refractivity contribution in [2.45, 2.75) is 19.1 Å². The summed E-state index contributed by atoms with van der Waals surface area (Å²) in [7, 11) is 0. The van der Waals surface area contributed by atoms with Gasteiger partial charge in [-0.2, -0.15) is 5.10 Å². The van der Waals surface area contributed by atoms with Crippen molar-refractivity contribution in [3.05, 3.63) is 94.7 Å². The highest BCUT2D eigenvalue weighted by molar-refractivity contribution is 6.11. The number of aliphatic hydroxyl groups is 1. The molecule has 7 heteroatoms. The third-order valence-electron chi connectivity index (χ3n) is 5.42. The molecule has 2 aromatic heterocycles. The van der Waals surface area contributed by atoms with Crippen LogP contribution in [0.1, 0.15) is 18.1 Å². The van der Waals surface area contributed by atoms with Crippen LogP contribution in [0.3, 0.4) is 0 Å². The van der Waals surface area contributed by atoms with Gasteiger partial charge in [-0.25, -0.2) is 4.68 Å². The lowest BCUT2D eigenvalue weighted by molar-refractivity contribution is -0.133. The van der Waals surface area contributed by atoms with Gasteiger partial charge in [-0.15, -0.1) is 0 Å². The molecule has 148 valence electrons. The predicted octanol–water partition coefficient (Wildman–Crippen LogP) is 2.73. The molecule has 1 aliphatic rings. The van der Waals surface area contributed by atoms with Gasteiger partial charge in [-0.05, 0) is 30.7 Å². The normalized spacial score (nSPS) is 18.1. The molecular formula is C23H18N4O3. The van der Waals surface area contributed by atoms with Gasteiger partial charge in [-0.3, -0.25) is 19.5 Å². The van der Waals surface area contributed by atoms with Gasteiger partial charge in [0.2, 0.25) is 0 Å². The van der Waals surface area contributed by atoms with Gasteiger partial charge in [0.1, 0.15) is 0 Å². The molecule has 0 bridgehead atoms.